The normalized spacial score (nSPS) is 10.6. The molecule has 2 N–H and O–H groups in total. The predicted molar refractivity (Wildman–Crippen MR) is 67.3 cm³/mol. The second-order valence-electron chi connectivity index (χ2n) is 4.22. The molecular formula is C13H17N3O2. The molecule has 1 aromatic carbocycles. The van der Waals surface area contributed by atoms with Gasteiger partial charge in [-0.05, 0) is 37.1 Å². The Morgan fingerprint density at radius 2 is 1.78 bits per heavy atom. The van der Waals surface area contributed by atoms with Crippen molar-refractivity contribution in [2.45, 2.75) is 26.8 Å². The Kier molecular flexibility index (Phi) is 3.94. The zero-order valence-corrected chi connectivity index (χ0v) is 10.6. The Morgan fingerprint density at radius 3 is 2.39 bits per heavy atom. The lowest BCUT2D eigenvalue weighted by atomic mass is 10.1. The SMILES string of the molecule is Cc1cc(C)cc(OCCc2nnc(CN)o2)c1. The summed E-state index contributed by atoms with van der Waals surface area (Å²) in [6.45, 7) is 4.87. The largest absolute Gasteiger partial charge is 0.493 e. The minimum absolute atomic E-state index is 0.269. The van der Waals surface area contributed by atoms with Crippen molar-refractivity contribution in [3.8, 4) is 5.75 Å². The maximum absolute atomic E-state index is 5.66. The van der Waals surface area contributed by atoms with E-state index in [2.05, 4.69) is 16.3 Å². The molecule has 0 unspecified atom stereocenters. The van der Waals surface area contributed by atoms with Crippen LogP contribution in [0.3, 0.4) is 0 Å². The van der Waals surface area contributed by atoms with Crippen LogP contribution in [-0.4, -0.2) is 16.8 Å². The van der Waals surface area contributed by atoms with Gasteiger partial charge in [0.15, 0.2) is 0 Å². The smallest absolute Gasteiger partial charge is 0.230 e. The van der Waals surface area contributed by atoms with Gasteiger partial charge in [0.25, 0.3) is 0 Å². The van der Waals surface area contributed by atoms with Crippen molar-refractivity contribution in [2.75, 3.05) is 6.61 Å². The first-order valence-corrected chi connectivity index (χ1v) is 5.90. The van der Waals surface area contributed by atoms with Gasteiger partial charge >= 0.3 is 0 Å². The molecule has 5 heteroatoms. The molecule has 0 fully saturated rings. The van der Waals surface area contributed by atoms with Crippen LogP contribution in [-0.2, 0) is 13.0 Å². The highest BCUT2D eigenvalue weighted by atomic mass is 16.5. The summed E-state index contributed by atoms with van der Waals surface area (Å²) >= 11 is 0. The maximum Gasteiger partial charge on any atom is 0.230 e. The van der Waals surface area contributed by atoms with Crippen LogP contribution in [0.1, 0.15) is 22.9 Å². The van der Waals surface area contributed by atoms with E-state index in [1.54, 1.807) is 0 Å². The average molecular weight is 247 g/mol. The Bertz CT molecular complexity index is 502. The third kappa shape index (κ3) is 3.30. The zero-order valence-electron chi connectivity index (χ0n) is 10.6. The van der Waals surface area contributed by atoms with Gasteiger partial charge in [0.05, 0.1) is 19.6 Å². The average Bonchev–Trinajstić information content (AvgIpc) is 2.76. The van der Waals surface area contributed by atoms with Crippen LogP contribution < -0.4 is 10.5 Å². The number of hydrogen-bond donors (Lipinski definition) is 1. The molecule has 0 aliphatic rings. The van der Waals surface area contributed by atoms with E-state index in [1.807, 2.05) is 26.0 Å². The summed E-state index contributed by atoms with van der Waals surface area (Å²) < 4.78 is 10.9. The summed E-state index contributed by atoms with van der Waals surface area (Å²) in [6.07, 6.45) is 0.583. The predicted octanol–water partition coefficient (Wildman–Crippen LogP) is 1.77. The van der Waals surface area contributed by atoms with Gasteiger partial charge in [0.1, 0.15) is 5.75 Å². The molecule has 0 aliphatic heterocycles. The van der Waals surface area contributed by atoms with Crippen molar-refractivity contribution < 1.29 is 9.15 Å². The van der Waals surface area contributed by atoms with Gasteiger partial charge in [0.2, 0.25) is 11.8 Å². The van der Waals surface area contributed by atoms with Crippen LogP contribution in [0.5, 0.6) is 5.75 Å². The minimum atomic E-state index is 0.269. The molecule has 0 saturated carbocycles. The number of hydrogen-bond acceptors (Lipinski definition) is 5. The molecule has 2 aromatic rings. The molecule has 0 bridgehead atoms. The fraction of sp³-hybridized carbons (Fsp3) is 0.385. The molecule has 2 rings (SSSR count). The summed E-state index contributed by atoms with van der Waals surface area (Å²) in [6, 6.07) is 6.12. The van der Waals surface area contributed by atoms with E-state index in [9.17, 15) is 0 Å². The molecule has 0 saturated heterocycles. The molecule has 1 aromatic heterocycles. The number of aryl methyl sites for hydroxylation is 2. The van der Waals surface area contributed by atoms with Crippen LogP contribution in [0.15, 0.2) is 22.6 Å². The number of nitrogens with two attached hydrogens (primary N) is 1. The molecular weight excluding hydrogens is 230 g/mol. The van der Waals surface area contributed by atoms with Crippen molar-refractivity contribution in [3.05, 3.63) is 41.1 Å². The van der Waals surface area contributed by atoms with E-state index >= 15 is 0 Å². The summed E-state index contributed by atoms with van der Waals surface area (Å²) in [4.78, 5) is 0. The van der Waals surface area contributed by atoms with Crippen LogP contribution in [0.2, 0.25) is 0 Å². The zero-order chi connectivity index (χ0) is 13.0. The van der Waals surface area contributed by atoms with Gasteiger partial charge in [0, 0.05) is 0 Å². The lowest BCUT2D eigenvalue weighted by molar-refractivity contribution is 0.303. The first-order chi connectivity index (χ1) is 8.67. The fourth-order valence-corrected chi connectivity index (χ4v) is 1.74. The molecule has 0 amide bonds. The first kappa shape index (κ1) is 12.6. The summed E-state index contributed by atoms with van der Waals surface area (Å²) in [5, 5.41) is 7.67. The standard InChI is InChI=1S/C13H17N3O2/c1-9-5-10(2)7-11(6-9)17-4-3-12-15-16-13(8-14)18-12/h5-7H,3-4,8,14H2,1-2H3. The monoisotopic (exact) mass is 247 g/mol. The molecule has 1 heterocycles. The van der Waals surface area contributed by atoms with Crippen molar-refractivity contribution >= 4 is 0 Å². The molecule has 0 atom stereocenters. The Hall–Kier alpha value is -1.88. The highest BCUT2D eigenvalue weighted by molar-refractivity contribution is 5.32. The molecule has 96 valence electrons. The second-order valence-corrected chi connectivity index (χ2v) is 4.22. The Balaban J connectivity index is 1.88. The van der Waals surface area contributed by atoms with E-state index in [4.69, 9.17) is 14.9 Å². The summed E-state index contributed by atoms with van der Waals surface area (Å²) in [7, 11) is 0. The quantitative estimate of drug-likeness (QED) is 0.871. The number of ether oxygens (including phenoxy) is 1. The third-order valence-corrected chi connectivity index (χ3v) is 2.46. The van der Waals surface area contributed by atoms with Gasteiger partial charge in [-0.3, -0.25) is 0 Å². The van der Waals surface area contributed by atoms with Crippen molar-refractivity contribution in [1.82, 2.24) is 10.2 Å². The van der Waals surface area contributed by atoms with E-state index in [-0.39, 0.29) is 6.54 Å². The van der Waals surface area contributed by atoms with Gasteiger partial charge in [-0.1, -0.05) is 6.07 Å². The number of benzene rings is 1. The Morgan fingerprint density at radius 1 is 1.11 bits per heavy atom. The Labute approximate surface area is 106 Å². The van der Waals surface area contributed by atoms with Crippen LogP contribution in [0.25, 0.3) is 0 Å². The number of nitrogens with zero attached hydrogens (tertiary/aromatic N) is 2. The fourth-order valence-electron chi connectivity index (χ4n) is 1.74. The number of rotatable bonds is 5. The maximum atomic E-state index is 5.66. The summed E-state index contributed by atoms with van der Waals surface area (Å²) in [5.74, 6) is 1.88. The topological polar surface area (TPSA) is 74.2 Å². The third-order valence-electron chi connectivity index (χ3n) is 2.46. The second kappa shape index (κ2) is 5.64. The molecule has 0 aliphatic carbocycles. The van der Waals surface area contributed by atoms with E-state index in [1.165, 1.54) is 11.1 Å². The lowest BCUT2D eigenvalue weighted by Gasteiger charge is -2.06. The molecule has 0 spiro atoms. The minimum Gasteiger partial charge on any atom is -0.493 e. The molecule has 18 heavy (non-hydrogen) atoms. The van der Waals surface area contributed by atoms with Gasteiger partial charge in [-0.2, -0.15) is 0 Å². The number of aromatic nitrogens is 2. The van der Waals surface area contributed by atoms with E-state index < -0.39 is 0 Å². The van der Waals surface area contributed by atoms with Gasteiger partial charge in [-0.15, -0.1) is 10.2 Å². The van der Waals surface area contributed by atoms with E-state index in [0.717, 1.165) is 5.75 Å². The van der Waals surface area contributed by atoms with Crippen LogP contribution in [0, 0.1) is 13.8 Å². The molecule has 5 nitrogen and oxygen atoms in total. The summed E-state index contributed by atoms with van der Waals surface area (Å²) in [5.41, 5.74) is 7.76. The van der Waals surface area contributed by atoms with Gasteiger partial charge in [-0.25, -0.2) is 0 Å². The van der Waals surface area contributed by atoms with Crippen molar-refractivity contribution in [2.24, 2.45) is 5.73 Å². The highest BCUT2D eigenvalue weighted by Gasteiger charge is 2.04. The van der Waals surface area contributed by atoms with Crippen molar-refractivity contribution in [1.29, 1.82) is 0 Å². The van der Waals surface area contributed by atoms with E-state index in [0.29, 0.717) is 24.8 Å². The lowest BCUT2D eigenvalue weighted by Crippen LogP contribution is -2.02. The van der Waals surface area contributed by atoms with Crippen molar-refractivity contribution in [3.63, 3.8) is 0 Å². The van der Waals surface area contributed by atoms with Crippen LogP contribution in [0.4, 0.5) is 0 Å². The van der Waals surface area contributed by atoms with Crippen LogP contribution >= 0.6 is 0 Å². The van der Waals surface area contributed by atoms with Gasteiger partial charge < -0.3 is 14.9 Å². The first-order valence-electron chi connectivity index (χ1n) is 5.90. The molecule has 0 radical (unpaired) electrons. The highest BCUT2D eigenvalue weighted by Crippen LogP contribution is 2.16.